The average Bonchev–Trinajstić information content (AvgIpc) is 2.98. The molecule has 0 aliphatic heterocycles. The highest BCUT2D eigenvalue weighted by Crippen LogP contribution is 2.24. The molecule has 1 saturated carbocycles. The van der Waals surface area contributed by atoms with Crippen LogP contribution in [-0.2, 0) is 19.1 Å². The molecule has 0 spiro atoms. The Hall–Kier alpha value is -1.63. The molecule has 0 bridgehead atoms. The first kappa shape index (κ1) is 21.4. The van der Waals surface area contributed by atoms with Gasteiger partial charge < -0.3 is 20.5 Å². The van der Waals surface area contributed by atoms with Crippen molar-refractivity contribution in [3.8, 4) is 0 Å². The molecule has 0 radical (unpaired) electrons. The van der Waals surface area contributed by atoms with E-state index in [1.807, 2.05) is 20.8 Å². The van der Waals surface area contributed by atoms with Gasteiger partial charge in [-0.1, -0.05) is 12.8 Å². The second kappa shape index (κ2) is 9.75. The maximum atomic E-state index is 12.1. The lowest BCUT2D eigenvalue weighted by atomic mass is 10.1. The lowest BCUT2D eigenvalue weighted by Gasteiger charge is -2.22. The first-order valence-electron chi connectivity index (χ1n) is 9.05. The molecule has 1 aliphatic rings. The van der Waals surface area contributed by atoms with Gasteiger partial charge in [0.05, 0.1) is 5.60 Å². The molecule has 0 heterocycles. The molecule has 25 heavy (non-hydrogen) atoms. The van der Waals surface area contributed by atoms with Gasteiger partial charge in [0.25, 0.3) is 0 Å². The number of amides is 2. The van der Waals surface area contributed by atoms with E-state index in [2.05, 4.69) is 10.6 Å². The SMILES string of the molecule is CC(CC(=O)NC(CCOC(C)(C)C)C(=O)O)NC(=O)C1CCCC1. The summed E-state index contributed by atoms with van der Waals surface area (Å²) in [6, 6.07) is -1.32. The van der Waals surface area contributed by atoms with E-state index in [4.69, 9.17) is 4.74 Å². The van der Waals surface area contributed by atoms with Crippen molar-refractivity contribution in [2.24, 2.45) is 5.92 Å². The van der Waals surface area contributed by atoms with Crippen molar-refractivity contribution in [1.29, 1.82) is 0 Å². The molecule has 1 rings (SSSR count). The average molecular weight is 356 g/mol. The third-order valence-corrected chi connectivity index (χ3v) is 4.18. The van der Waals surface area contributed by atoms with Crippen molar-refractivity contribution in [1.82, 2.24) is 10.6 Å². The Kier molecular flexibility index (Phi) is 8.35. The number of nitrogens with one attached hydrogen (secondary N) is 2. The molecule has 1 fully saturated rings. The van der Waals surface area contributed by atoms with E-state index in [0.717, 1.165) is 25.7 Å². The summed E-state index contributed by atoms with van der Waals surface area (Å²) in [7, 11) is 0. The van der Waals surface area contributed by atoms with Crippen LogP contribution in [0.25, 0.3) is 0 Å². The van der Waals surface area contributed by atoms with Crippen LogP contribution < -0.4 is 10.6 Å². The summed E-state index contributed by atoms with van der Waals surface area (Å²) in [5, 5.41) is 14.6. The van der Waals surface area contributed by atoms with Crippen molar-refractivity contribution in [3.05, 3.63) is 0 Å². The summed E-state index contributed by atoms with van der Waals surface area (Å²) in [6.07, 6.45) is 4.20. The van der Waals surface area contributed by atoms with Gasteiger partial charge in [-0.2, -0.15) is 0 Å². The number of carboxylic acid groups (broad SMARTS) is 1. The fourth-order valence-electron chi connectivity index (χ4n) is 2.87. The van der Waals surface area contributed by atoms with Crippen LogP contribution in [0.2, 0.25) is 0 Å². The number of carbonyl (C=O) groups is 3. The molecular formula is C18H32N2O5. The van der Waals surface area contributed by atoms with E-state index in [1.54, 1.807) is 6.92 Å². The van der Waals surface area contributed by atoms with Gasteiger partial charge in [0.1, 0.15) is 6.04 Å². The molecule has 7 heteroatoms. The van der Waals surface area contributed by atoms with Gasteiger partial charge in [0.2, 0.25) is 11.8 Å². The Morgan fingerprint density at radius 1 is 1.16 bits per heavy atom. The fraction of sp³-hybridized carbons (Fsp3) is 0.833. The van der Waals surface area contributed by atoms with Gasteiger partial charge in [-0.15, -0.1) is 0 Å². The van der Waals surface area contributed by atoms with Gasteiger partial charge in [0.15, 0.2) is 0 Å². The lowest BCUT2D eigenvalue weighted by molar-refractivity contribution is -0.143. The Morgan fingerprint density at radius 3 is 2.28 bits per heavy atom. The van der Waals surface area contributed by atoms with Crippen LogP contribution in [0.1, 0.15) is 66.2 Å². The number of hydrogen-bond donors (Lipinski definition) is 3. The zero-order valence-corrected chi connectivity index (χ0v) is 15.8. The number of ether oxygens (including phenoxy) is 1. The number of aliphatic carboxylic acids is 1. The zero-order chi connectivity index (χ0) is 19.0. The van der Waals surface area contributed by atoms with Crippen LogP contribution in [0.15, 0.2) is 0 Å². The molecule has 2 unspecified atom stereocenters. The van der Waals surface area contributed by atoms with E-state index in [1.165, 1.54) is 0 Å². The monoisotopic (exact) mass is 356 g/mol. The predicted octanol–water partition coefficient (Wildman–Crippen LogP) is 1.85. The Balaban J connectivity index is 2.37. The molecule has 2 amide bonds. The molecule has 2 atom stereocenters. The minimum Gasteiger partial charge on any atom is -0.480 e. The van der Waals surface area contributed by atoms with Crippen LogP contribution in [0.3, 0.4) is 0 Å². The van der Waals surface area contributed by atoms with Crippen molar-refractivity contribution >= 4 is 17.8 Å². The highest BCUT2D eigenvalue weighted by Gasteiger charge is 2.25. The molecule has 3 N–H and O–H groups in total. The number of rotatable bonds is 9. The van der Waals surface area contributed by atoms with E-state index in [0.29, 0.717) is 0 Å². The zero-order valence-electron chi connectivity index (χ0n) is 15.8. The normalized spacial score (nSPS) is 17.8. The first-order valence-corrected chi connectivity index (χ1v) is 9.05. The number of carboxylic acids is 1. The van der Waals surface area contributed by atoms with Gasteiger partial charge in [-0.05, 0) is 40.5 Å². The van der Waals surface area contributed by atoms with E-state index >= 15 is 0 Å². The molecule has 7 nitrogen and oxygen atoms in total. The van der Waals surface area contributed by atoms with Crippen molar-refractivity contribution in [2.75, 3.05) is 6.61 Å². The fourth-order valence-corrected chi connectivity index (χ4v) is 2.87. The minimum absolute atomic E-state index is 0.00818. The van der Waals surface area contributed by atoms with Crippen molar-refractivity contribution in [3.63, 3.8) is 0 Å². The predicted molar refractivity (Wildman–Crippen MR) is 94.1 cm³/mol. The standard InChI is InChI=1S/C18H32N2O5/c1-12(19-16(22)13-7-5-6-8-13)11-15(21)20-14(17(23)24)9-10-25-18(2,3)4/h12-14H,5-11H2,1-4H3,(H,19,22)(H,20,21)(H,23,24). The third-order valence-electron chi connectivity index (χ3n) is 4.18. The Morgan fingerprint density at radius 2 is 1.76 bits per heavy atom. The van der Waals surface area contributed by atoms with Crippen LogP contribution in [0.5, 0.6) is 0 Å². The van der Waals surface area contributed by atoms with Crippen molar-refractivity contribution < 1.29 is 24.2 Å². The molecule has 144 valence electrons. The minimum atomic E-state index is -1.09. The Labute approximate surface area is 149 Å². The molecule has 0 aromatic carbocycles. The van der Waals surface area contributed by atoms with Crippen molar-refractivity contribution in [2.45, 2.75) is 83.9 Å². The largest absolute Gasteiger partial charge is 0.480 e. The molecule has 0 saturated heterocycles. The lowest BCUT2D eigenvalue weighted by Crippen LogP contribution is -2.45. The summed E-state index contributed by atoms with van der Waals surface area (Å²) in [5.74, 6) is -1.44. The van der Waals surface area contributed by atoms with Crippen LogP contribution in [0.4, 0.5) is 0 Å². The molecule has 0 aromatic rings. The third kappa shape index (κ3) is 8.86. The topological polar surface area (TPSA) is 105 Å². The summed E-state index contributed by atoms with van der Waals surface area (Å²) in [6.45, 7) is 7.65. The quantitative estimate of drug-likeness (QED) is 0.585. The summed E-state index contributed by atoms with van der Waals surface area (Å²) < 4.78 is 5.51. The van der Waals surface area contributed by atoms with Gasteiger partial charge in [0, 0.05) is 31.4 Å². The molecule has 1 aliphatic carbocycles. The maximum Gasteiger partial charge on any atom is 0.326 e. The Bertz CT molecular complexity index is 467. The van der Waals surface area contributed by atoms with E-state index in [-0.39, 0.29) is 48.8 Å². The maximum absolute atomic E-state index is 12.1. The molecule has 0 aromatic heterocycles. The summed E-state index contributed by atoms with van der Waals surface area (Å²) >= 11 is 0. The highest BCUT2D eigenvalue weighted by atomic mass is 16.5. The van der Waals surface area contributed by atoms with Gasteiger partial charge in [-0.3, -0.25) is 9.59 Å². The smallest absolute Gasteiger partial charge is 0.326 e. The second-order valence-corrected chi connectivity index (χ2v) is 7.80. The van der Waals surface area contributed by atoms with E-state index in [9.17, 15) is 19.5 Å². The van der Waals surface area contributed by atoms with Gasteiger partial charge >= 0.3 is 5.97 Å². The molecular weight excluding hydrogens is 324 g/mol. The van der Waals surface area contributed by atoms with E-state index < -0.39 is 12.0 Å². The van der Waals surface area contributed by atoms with Crippen LogP contribution in [-0.4, -0.2) is 47.2 Å². The van der Waals surface area contributed by atoms with Crippen LogP contribution in [0, 0.1) is 5.92 Å². The number of hydrogen-bond acceptors (Lipinski definition) is 4. The van der Waals surface area contributed by atoms with Crippen LogP contribution >= 0.6 is 0 Å². The number of carbonyl (C=O) groups excluding carboxylic acids is 2. The highest BCUT2D eigenvalue weighted by molar-refractivity contribution is 5.84. The summed E-state index contributed by atoms with van der Waals surface area (Å²) in [4.78, 5) is 35.4. The summed E-state index contributed by atoms with van der Waals surface area (Å²) in [5.41, 5.74) is -0.355. The van der Waals surface area contributed by atoms with Gasteiger partial charge in [-0.25, -0.2) is 4.79 Å². The first-order chi connectivity index (χ1) is 11.6. The second-order valence-electron chi connectivity index (χ2n) is 7.80.